The molecule has 0 aliphatic rings. The van der Waals surface area contributed by atoms with Gasteiger partial charge in [0.05, 0.1) is 17.4 Å². The predicted molar refractivity (Wildman–Crippen MR) is 130 cm³/mol. The smallest absolute Gasteiger partial charge is 0.262 e. The first-order chi connectivity index (χ1) is 15.2. The van der Waals surface area contributed by atoms with Gasteiger partial charge < -0.3 is 0 Å². The second-order valence-electron chi connectivity index (χ2n) is 7.77. The van der Waals surface area contributed by atoms with Crippen LogP contribution in [0.25, 0.3) is 21.7 Å². The van der Waals surface area contributed by atoms with Gasteiger partial charge in [0.2, 0.25) is 0 Å². The number of hydrogen-bond acceptors (Lipinski definition) is 3. The molecule has 0 amide bonds. The SMILES string of the molecule is Cc1cccc(CSc2nc3cc4ccccc4cc3c(=O)n2Cc2ccccc2)c1. The van der Waals surface area contributed by atoms with E-state index >= 15 is 0 Å². The summed E-state index contributed by atoms with van der Waals surface area (Å²) in [5.74, 6) is 0.766. The number of benzene rings is 4. The van der Waals surface area contributed by atoms with Gasteiger partial charge in [0, 0.05) is 5.75 Å². The average molecular weight is 423 g/mol. The van der Waals surface area contributed by atoms with Gasteiger partial charge in [0.15, 0.2) is 5.16 Å². The van der Waals surface area contributed by atoms with Crippen LogP contribution in [-0.4, -0.2) is 9.55 Å². The van der Waals surface area contributed by atoms with Crippen molar-refractivity contribution in [1.82, 2.24) is 9.55 Å². The second-order valence-corrected chi connectivity index (χ2v) is 8.71. The number of thioether (sulfide) groups is 1. The lowest BCUT2D eigenvalue weighted by molar-refractivity contribution is 0.658. The number of rotatable bonds is 5. The van der Waals surface area contributed by atoms with E-state index in [1.807, 2.05) is 65.2 Å². The van der Waals surface area contributed by atoms with Crippen molar-refractivity contribution < 1.29 is 0 Å². The van der Waals surface area contributed by atoms with E-state index in [2.05, 4.69) is 37.3 Å². The van der Waals surface area contributed by atoms with Crippen LogP contribution in [0.5, 0.6) is 0 Å². The van der Waals surface area contributed by atoms with Crippen LogP contribution in [0.3, 0.4) is 0 Å². The molecule has 152 valence electrons. The molecule has 0 spiro atoms. The predicted octanol–water partition coefficient (Wildman–Crippen LogP) is 6.20. The molecule has 5 aromatic rings. The van der Waals surface area contributed by atoms with E-state index < -0.39 is 0 Å². The molecule has 0 saturated carbocycles. The molecule has 31 heavy (non-hydrogen) atoms. The minimum Gasteiger partial charge on any atom is -0.283 e. The Balaban J connectivity index is 1.63. The first kappa shape index (κ1) is 19.6. The van der Waals surface area contributed by atoms with E-state index in [4.69, 9.17) is 4.98 Å². The Kier molecular flexibility index (Phi) is 5.31. The molecule has 0 bridgehead atoms. The van der Waals surface area contributed by atoms with E-state index in [1.165, 1.54) is 11.1 Å². The first-order valence-electron chi connectivity index (χ1n) is 10.3. The van der Waals surface area contributed by atoms with Crippen LogP contribution in [-0.2, 0) is 12.3 Å². The lowest BCUT2D eigenvalue weighted by Crippen LogP contribution is -2.24. The van der Waals surface area contributed by atoms with Crippen LogP contribution in [0.1, 0.15) is 16.7 Å². The zero-order valence-corrected chi connectivity index (χ0v) is 18.1. The van der Waals surface area contributed by atoms with Crippen molar-refractivity contribution in [2.24, 2.45) is 0 Å². The quantitative estimate of drug-likeness (QED) is 0.192. The van der Waals surface area contributed by atoms with Gasteiger partial charge in [-0.3, -0.25) is 9.36 Å². The molecule has 4 heteroatoms. The Morgan fingerprint density at radius 2 is 1.52 bits per heavy atom. The minimum absolute atomic E-state index is 0.00588. The third-order valence-electron chi connectivity index (χ3n) is 5.42. The highest BCUT2D eigenvalue weighted by atomic mass is 32.2. The van der Waals surface area contributed by atoms with Gasteiger partial charge in [0.1, 0.15) is 0 Å². The molecule has 1 heterocycles. The van der Waals surface area contributed by atoms with Crippen molar-refractivity contribution in [1.29, 1.82) is 0 Å². The van der Waals surface area contributed by atoms with Gasteiger partial charge in [-0.05, 0) is 41.0 Å². The zero-order valence-electron chi connectivity index (χ0n) is 17.3. The highest BCUT2D eigenvalue weighted by molar-refractivity contribution is 7.98. The fraction of sp³-hybridized carbons (Fsp3) is 0.111. The van der Waals surface area contributed by atoms with Crippen LogP contribution < -0.4 is 5.56 Å². The second kappa shape index (κ2) is 8.40. The molecule has 0 aliphatic carbocycles. The summed E-state index contributed by atoms with van der Waals surface area (Å²) in [6.45, 7) is 2.60. The van der Waals surface area contributed by atoms with E-state index in [0.717, 1.165) is 32.8 Å². The molecule has 0 fully saturated rings. The molecule has 3 nitrogen and oxygen atoms in total. The topological polar surface area (TPSA) is 34.9 Å². The number of aryl methyl sites for hydroxylation is 1. The van der Waals surface area contributed by atoms with Crippen LogP contribution >= 0.6 is 11.8 Å². The monoisotopic (exact) mass is 422 g/mol. The molecule has 5 rings (SSSR count). The summed E-state index contributed by atoms with van der Waals surface area (Å²) in [5.41, 5.74) is 4.30. The fourth-order valence-corrected chi connectivity index (χ4v) is 4.79. The number of fused-ring (bicyclic) bond motifs is 2. The molecular formula is C27H22N2OS. The van der Waals surface area contributed by atoms with Gasteiger partial charge in [-0.15, -0.1) is 0 Å². The van der Waals surface area contributed by atoms with Crippen molar-refractivity contribution in [3.8, 4) is 0 Å². The Labute approximate surface area is 185 Å². The van der Waals surface area contributed by atoms with Crippen LogP contribution in [0.15, 0.2) is 101 Å². The molecule has 0 aliphatic heterocycles. The lowest BCUT2D eigenvalue weighted by atomic mass is 10.1. The first-order valence-corrected chi connectivity index (χ1v) is 11.3. The maximum Gasteiger partial charge on any atom is 0.262 e. The van der Waals surface area contributed by atoms with Crippen molar-refractivity contribution in [2.45, 2.75) is 24.4 Å². The standard InChI is InChI=1S/C27H22N2OS/c1-19-8-7-11-21(14-19)18-31-27-28-25-16-23-13-6-5-12-22(23)15-24(25)26(30)29(27)17-20-9-3-2-4-10-20/h2-16H,17-18H2,1H3. The van der Waals surface area contributed by atoms with Crippen molar-refractivity contribution in [3.05, 3.63) is 118 Å². The minimum atomic E-state index is 0.00588. The third kappa shape index (κ3) is 4.12. The lowest BCUT2D eigenvalue weighted by Gasteiger charge is -2.14. The molecule has 1 aromatic heterocycles. The van der Waals surface area contributed by atoms with Crippen LogP contribution in [0, 0.1) is 6.92 Å². The third-order valence-corrected chi connectivity index (χ3v) is 6.47. The van der Waals surface area contributed by atoms with Gasteiger partial charge in [-0.25, -0.2) is 4.98 Å². The van der Waals surface area contributed by atoms with E-state index in [-0.39, 0.29) is 5.56 Å². The molecule has 0 atom stereocenters. The summed E-state index contributed by atoms with van der Waals surface area (Å²) in [4.78, 5) is 18.5. The summed E-state index contributed by atoms with van der Waals surface area (Å²) >= 11 is 1.61. The molecule has 0 N–H and O–H groups in total. The van der Waals surface area contributed by atoms with Crippen LogP contribution in [0.2, 0.25) is 0 Å². The Morgan fingerprint density at radius 3 is 2.29 bits per heavy atom. The Hall–Kier alpha value is -3.37. The Morgan fingerprint density at radius 1 is 0.806 bits per heavy atom. The molecular weight excluding hydrogens is 400 g/mol. The number of nitrogens with zero attached hydrogens (tertiary/aromatic N) is 2. The van der Waals surface area contributed by atoms with E-state index in [1.54, 1.807) is 11.8 Å². The maximum atomic E-state index is 13.6. The summed E-state index contributed by atoms with van der Waals surface area (Å²) < 4.78 is 1.81. The molecule has 0 radical (unpaired) electrons. The summed E-state index contributed by atoms with van der Waals surface area (Å²) in [6.07, 6.45) is 0. The zero-order chi connectivity index (χ0) is 21.2. The van der Waals surface area contributed by atoms with Gasteiger partial charge in [-0.1, -0.05) is 96.2 Å². The van der Waals surface area contributed by atoms with E-state index in [0.29, 0.717) is 11.9 Å². The van der Waals surface area contributed by atoms with Crippen molar-refractivity contribution in [3.63, 3.8) is 0 Å². The van der Waals surface area contributed by atoms with Crippen molar-refractivity contribution in [2.75, 3.05) is 0 Å². The number of aromatic nitrogens is 2. The van der Waals surface area contributed by atoms with Crippen molar-refractivity contribution >= 4 is 33.4 Å². The molecule has 0 saturated heterocycles. The normalized spacial score (nSPS) is 11.3. The highest BCUT2D eigenvalue weighted by Crippen LogP contribution is 2.25. The summed E-state index contributed by atoms with van der Waals surface area (Å²) in [5, 5.41) is 3.56. The largest absolute Gasteiger partial charge is 0.283 e. The average Bonchev–Trinajstić information content (AvgIpc) is 2.79. The van der Waals surface area contributed by atoms with Crippen LogP contribution in [0.4, 0.5) is 0 Å². The van der Waals surface area contributed by atoms with Gasteiger partial charge in [0.25, 0.3) is 5.56 Å². The molecule has 0 unspecified atom stereocenters. The summed E-state index contributed by atoms with van der Waals surface area (Å²) in [6, 6.07) is 30.7. The van der Waals surface area contributed by atoms with E-state index in [9.17, 15) is 4.79 Å². The molecule has 4 aromatic carbocycles. The Bertz CT molecular complexity index is 1440. The summed E-state index contributed by atoms with van der Waals surface area (Å²) in [7, 11) is 0. The van der Waals surface area contributed by atoms with Gasteiger partial charge in [-0.2, -0.15) is 0 Å². The maximum absolute atomic E-state index is 13.6. The van der Waals surface area contributed by atoms with Gasteiger partial charge >= 0.3 is 0 Å². The number of hydrogen-bond donors (Lipinski definition) is 0. The highest BCUT2D eigenvalue weighted by Gasteiger charge is 2.13. The fourth-order valence-electron chi connectivity index (χ4n) is 3.85.